The third-order valence-corrected chi connectivity index (χ3v) is 2.70. The Morgan fingerprint density at radius 1 is 1.43 bits per heavy atom. The highest BCUT2D eigenvalue weighted by Crippen LogP contribution is 2.04. The van der Waals surface area contributed by atoms with Gasteiger partial charge in [0.2, 0.25) is 0 Å². The van der Waals surface area contributed by atoms with Crippen LogP contribution in [0.5, 0.6) is 0 Å². The molecule has 0 bridgehead atoms. The van der Waals surface area contributed by atoms with E-state index < -0.39 is 0 Å². The second kappa shape index (κ2) is 4.57. The Bertz CT molecular complexity index is 275. The minimum absolute atomic E-state index is 0.967. The van der Waals surface area contributed by atoms with Crippen molar-refractivity contribution in [3.63, 3.8) is 0 Å². The quantitative estimate of drug-likeness (QED) is 0.751. The fourth-order valence-corrected chi connectivity index (χ4v) is 1.88. The van der Waals surface area contributed by atoms with E-state index in [1.807, 2.05) is 6.20 Å². The molecule has 1 aliphatic heterocycles. The van der Waals surface area contributed by atoms with E-state index in [4.69, 9.17) is 0 Å². The average molecular weight is 194 g/mol. The lowest BCUT2D eigenvalue weighted by atomic mass is 10.3. The number of aryl methyl sites for hydroxylation is 1. The first-order chi connectivity index (χ1) is 6.90. The van der Waals surface area contributed by atoms with E-state index in [2.05, 4.69) is 33.0 Å². The van der Waals surface area contributed by atoms with Gasteiger partial charge in [0.05, 0.1) is 5.69 Å². The van der Waals surface area contributed by atoms with Crippen LogP contribution in [0, 0.1) is 0 Å². The first-order valence-electron chi connectivity index (χ1n) is 5.34. The topological polar surface area (TPSA) is 33.1 Å². The average Bonchev–Trinajstić information content (AvgIpc) is 2.67. The number of hydrogen-bond donors (Lipinski definition) is 1. The van der Waals surface area contributed by atoms with Crippen molar-refractivity contribution in [1.29, 1.82) is 0 Å². The molecule has 1 aromatic heterocycles. The Morgan fingerprint density at radius 3 is 2.93 bits per heavy atom. The van der Waals surface area contributed by atoms with Crippen LogP contribution in [0.25, 0.3) is 0 Å². The zero-order valence-corrected chi connectivity index (χ0v) is 8.74. The molecule has 4 heteroatoms. The van der Waals surface area contributed by atoms with Crippen LogP contribution in [-0.4, -0.2) is 40.9 Å². The lowest BCUT2D eigenvalue weighted by Crippen LogP contribution is -2.43. The summed E-state index contributed by atoms with van der Waals surface area (Å²) in [5.41, 5.74) is 1.33. The number of nitrogens with zero attached hydrogens (tertiary/aromatic N) is 3. The molecule has 0 aliphatic carbocycles. The molecule has 0 atom stereocenters. The molecule has 2 rings (SSSR count). The van der Waals surface area contributed by atoms with E-state index in [0.717, 1.165) is 39.3 Å². The summed E-state index contributed by atoms with van der Waals surface area (Å²) in [7, 11) is 0. The van der Waals surface area contributed by atoms with Crippen molar-refractivity contribution in [2.45, 2.75) is 20.0 Å². The van der Waals surface area contributed by atoms with Crippen LogP contribution in [0.1, 0.15) is 12.6 Å². The van der Waals surface area contributed by atoms with Crippen LogP contribution in [0.2, 0.25) is 0 Å². The van der Waals surface area contributed by atoms with Gasteiger partial charge in [-0.25, -0.2) is 0 Å². The molecule has 0 spiro atoms. The van der Waals surface area contributed by atoms with Gasteiger partial charge in [-0.1, -0.05) is 0 Å². The Hall–Kier alpha value is -0.870. The predicted molar refractivity (Wildman–Crippen MR) is 56.0 cm³/mol. The van der Waals surface area contributed by atoms with Gasteiger partial charge < -0.3 is 5.32 Å². The van der Waals surface area contributed by atoms with Crippen molar-refractivity contribution in [3.05, 3.63) is 18.0 Å². The molecule has 78 valence electrons. The summed E-state index contributed by atoms with van der Waals surface area (Å²) in [6, 6.07) is 2.12. The maximum Gasteiger partial charge on any atom is 0.0524 e. The van der Waals surface area contributed by atoms with Crippen molar-refractivity contribution >= 4 is 0 Å². The second-order valence-electron chi connectivity index (χ2n) is 3.66. The third-order valence-electron chi connectivity index (χ3n) is 2.70. The van der Waals surface area contributed by atoms with Crippen molar-refractivity contribution in [1.82, 2.24) is 20.0 Å². The van der Waals surface area contributed by atoms with Crippen LogP contribution in [-0.2, 0) is 13.1 Å². The molecule has 0 radical (unpaired) electrons. The van der Waals surface area contributed by atoms with Crippen LogP contribution in [0.4, 0.5) is 0 Å². The number of nitrogens with one attached hydrogen (secondary N) is 1. The Morgan fingerprint density at radius 2 is 2.21 bits per heavy atom. The van der Waals surface area contributed by atoms with Crippen LogP contribution in [0.15, 0.2) is 12.3 Å². The summed E-state index contributed by atoms with van der Waals surface area (Å²) in [5, 5.41) is 7.63. The van der Waals surface area contributed by atoms with Gasteiger partial charge in [0, 0.05) is 45.5 Å². The lowest BCUT2D eigenvalue weighted by Gasteiger charge is -2.27. The molecule has 0 saturated carbocycles. The normalized spacial score (nSPS) is 18.6. The molecule has 1 aromatic rings. The summed E-state index contributed by atoms with van der Waals surface area (Å²) < 4.78 is 2.07. The number of hydrogen-bond acceptors (Lipinski definition) is 3. The predicted octanol–water partition coefficient (Wildman–Crippen LogP) is 0.308. The number of aromatic nitrogens is 2. The van der Waals surface area contributed by atoms with Crippen LogP contribution < -0.4 is 5.32 Å². The molecule has 0 unspecified atom stereocenters. The van der Waals surface area contributed by atoms with Crippen molar-refractivity contribution in [2.75, 3.05) is 26.2 Å². The zero-order chi connectivity index (χ0) is 9.80. The maximum atomic E-state index is 4.27. The molecule has 1 saturated heterocycles. The third kappa shape index (κ3) is 2.13. The zero-order valence-electron chi connectivity index (χ0n) is 8.74. The SMILES string of the molecule is CCn1nccc1CN1CCNCC1. The highest BCUT2D eigenvalue weighted by molar-refractivity contribution is 5.00. The molecule has 4 nitrogen and oxygen atoms in total. The molecule has 0 amide bonds. The van der Waals surface area contributed by atoms with Gasteiger partial charge in [0.25, 0.3) is 0 Å². The van der Waals surface area contributed by atoms with E-state index >= 15 is 0 Å². The molecule has 2 heterocycles. The minimum atomic E-state index is 0.967. The largest absolute Gasteiger partial charge is 0.314 e. The monoisotopic (exact) mass is 194 g/mol. The Labute approximate surface area is 84.9 Å². The van der Waals surface area contributed by atoms with Gasteiger partial charge in [0.1, 0.15) is 0 Å². The van der Waals surface area contributed by atoms with Gasteiger partial charge >= 0.3 is 0 Å². The van der Waals surface area contributed by atoms with Gasteiger partial charge in [0.15, 0.2) is 0 Å². The maximum absolute atomic E-state index is 4.27. The molecule has 1 fully saturated rings. The van der Waals surface area contributed by atoms with Crippen LogP contribution >= 0.6 is 0 Å². The molecule has 1 aliphatic rings. The summed E-state index contributed by atoms with van der Waals surface area (Å²) in [6.07, 6.45) is 1.89. The van der Waals surface area contributed by atoms with E-state index in [9.17, 15) is 0 Å². The first-order valence-corrected chi connectivity index (χ1v) is 5.34. The van der Waals surface area contributed by atoms with Gasteiger partial charge in [-0.2, -0.15) is 5.10 Å². The van der Waals surface area contributed by atoms with E-state index in [1.54, 1.807) is 0 Å². The first kappa shape index (κ1) is 9.68. The Balaban J connectivity index is 1.95. The van der Waals surface area contributed by atoms with E-state index in [1.165, 1.54) is 5.69 Å². The fraction of sp³-hybridized carbons (Fsp3) is 0.700. The lowest BCUT2D eigenvalue weighted by molar-refractivity contribution is 0.227. The van der Waals surface area contributed by atoms with Crippen molar-refractivity contribution in [2.24, 2.45) is 0 Å². The standard InChI is InChI=1S/C10H18N4/c1-2-14-10(3-4-12-14)9-13-7-5-11-6-8-13/h3-4,11H,2,5-9H2,1H3. The summed E-state index contributed by atoms with van der Waals surface area (Å²) in [4.78, 5) is 2.47. The molecular formula is C10H18N4. The summed E-state index contributed by atoms with van der Waals surface area (Å²) >= 11 is 0. The second-order valence-corrected chi connectivity index (χ2v) is 3.66. The summed E-state index contributed by atoms with van der Waals surface area (Å²) in [6.45, 7) is 8.66. The van der Waals surface area contributed by atoms with Gasteiger partial charge in [-0.3, -0.25) is 9.58 Å². The van der Waals surface area contributed by atoms with E-state index in [-0.39, 0.29) is 0 Å². The van der Waals surface area contributed by atoms with Crippen molar-refractivity contribution < 1.29 is 0 Å². The highest BCUT2D eigenvalue weighted by atomic mass is 15.3. The van der Waals surface area contributed by atoms with E-state index in [0.29, 0.717) is 0 Å². The summed E-state index contributed by atoms with van der Waals surface area (Å²) in [5.74, 6) is 0. The van der Waals surface area contributed by atoms with Gasteiger partial charge in [-0.05, 0) is 13.0 Å². The highest BCUT2D eigenvalue weighted by Gasteiger charge is 2.11. The molecular weight excluding hydrogens is 176 g/mol. The van der Waals surface area contributed by atoms with Crippen LogP contribution in [0.3, 0.4) is 0 Å². The number of piperazine rings is 1. The smallest absolute Gasteiger partial charge is 0.0524 e. The van der Waals surface area contributed by atoms with Gasteiger partial charge in [-0.15, -0.1) is 0 Å². The fourth-order valence-electron chi connectivity index (χ4n) is 1.88. The minimum Gasteiger partial charge on any atom is -0.314 e. The Kier molecular flexibility index (Phi) is 3.16. The molecule has 1 N–H and O–H groups in total. The molecule has 14 heavy (non-hydrogen) atoms. The van der Waals surface area contributed by atoms with Crippen molar-refractivity contribution in [3.8, 4) is 0 Å². The molecule has 0 aromatic carbocycles. The number of rotatable bonds is 3.